The van der Waals surface area contributed by atoms with Crippen LogP contribution < -0.4 is 25.6 Å². The van der Waals surface area contributed by atoms with Crippen LogP contribution in [-0.4, -0.2) is 106 Å². The number of amides is 1. The minimum atomic E-state index is -2.75. The molecule has 2 N–H and O–H groups in total. The summed E-state index contributed by atoms with van der Waals surface area (Å²) in [6, 6.07) is 8.46. The van der Waals surface area contributed by atoms with Crippen LogP contribution in [0.15, 0.2) is 43.0 Å². The van der Waals surface area contributed by atoms with Gasteiger partial charge in [-0.2, -0.15) is 4.98 Å². The molecule has 0 radical (unpaired) electrons. The lowest BCUT2D eigenvalue weighted by molar-refractivity contribution is -0.134. The molecular formula is C35H45N10O3P. The summed E-state index contributed by atoms with van der Waals surface area (Å²) in [5.41, 5.74) is 5.05. The fourth-order valence-corrected chi connectivity index (χ4v) is 8.54. The van der Waals surface area contributed by atoms with Crippen LogP contribution in [0.25, 0.3) is 11.0 Å². The van der Waals surface area contributed by atoms with Crippen molar-refractivity contribution in [2.75, 3.05) is 75.2 Å². The standard InChI is InChI=1S/C35H45N10O3P/c1-5-23-20-28(41-35-39-22-38-34(42-35)40-27-9-8-26-31(37-13-12-36-26)32(27)49(3,4)47)30(48-2)21-29(23)44-14-10-25(11-15-44)43-16-18-45(19-17-43)33(46)24-6-7-24/h8-9,12-13,20-22,24-25H,5-7,10-11,14-19H2,1-4H3,(H2,38,39,40,41,42). The van der Waals surface area contributed by atoms with Crippen LogP contribution in [0.3, 0.4) is 0 Å². The quantitative estimate of drug-likeness (QED) is 0.225. The average Bonchev–Trinajstić information content (AvgIpc) is 3.97. The third-order valence-corrected chi connectivity index (χ3v) is 11.4. The van der Waals surface area contributed by atoms with Crippen molar-refractivity contribution < 1.29 is 14.1 Å². The van der Waals surface area contributed by atoms with Gasteiger partial charge in [0.15, 0.2) is 0 Å². The summed E-state index contributed by atoms with van der Waals surface area (Å²) in [6.45, 7) is 11.2. The molecule has 2 saturated heterocycles. The number of hydrogen-bond donors (Lipinski definition) is 2. The van der Waals surface area contributed by atoms with Crippen LogP contribution in [0.4, 0.5) is 29.0 Å². The molecule has 13 nitrogen and oxygen atoms in total. The highest BCUT2D eigenvalue weighted by molar-refractivity contribution is 7.71. The predicted molar refractivity (Wildman–Crippen MR) is 194 cm³/mol. The first-order valence-electron chi connectivity index (χ1n) is 17.2. The largest absolute Gasteiger partial charge is 0.494 e. The Morgan fingerprint density at radius 1 is 0.898 bits per heavy atom. The van der Waals surface area contributed by atoms with E-state index in [1.807, 2.05) is 12.1 Å². The van der Waals surface area contributed by atoms with Crippen LogP contribution in [0.5, 0.6) is 5.75 Å². The second kappa shape index (κ2) is 13.9. The Morgan fingerprint density at radius 3 is 2.24 bits per heavy atom. The monoisotopic (exact) mass is 684 g/mol. The van der Waals surface area contributed by atoms with Crippen molar-refractivity contribution in [2.24, 2.45) is 5.92 Å². The first-order valence-corrected chi connectivity index (χ1v) is 19.8. The molecule has 14 heteroatoms. The zero-order valence-electron chi connectivity index (χ0n) is 28.7. The number of hydrogen-bond acceptors (Lipinski definition) is 12. The number of aromatic nitrogens is 5. The van der Waals surface area contributed by atoms with Crippen molar-refractivity contribution >= 4 is 58.3 Å². The van der Waals surface area contributed by atoms with Gasteiger partial charge in [0.05, 0.1) is 29.3 Å². The van der Waals surface area contributed by atoms with E-state index in [9.17, 15) is 9.36 Å². The Morgan fingerprint density at radius 2 is 1.59 bits per heavy atom. The van der Waals surface area contributed by atoms with Crippen molar-refractivity contribution in [3.05, 3.63) is 48.5 Å². The van der Waals surface area contributed by atoms with E-state index in [0.29, 0.717) is 57.5 Å². The molecule has 2 aromatic carbocycles. The molecule has 3 aliphatic rings. The number of nitrogens with zero attached hydrogens (tertiary/aromatic N) is 8. The third-order valence-electron chi connectivity index (χ3n) is 9.87. The lowest BCUT2D eigenvalue weighted by Crippen LogP contribution is -2.54. The van der Waals surface area contributed by atoms with Crippen molar-refractivity contribution in [1.29, 1.82) is 0 Å². The predicted octanol–water partition coefficient (Wildman–Crippen LogP) is 4.64. The van der Waals surface area contributed by atoms with E-state index in [1.54, 1.807) is 32.8 Å². The fourth-order valence-electron chi connectivity index (χ4n) is 7.15. The van der Waals surface area contributed by atoms with Crippen molar-refractivity contribution in [2.45, 2.75) is 45.1 Å². The molecule has 4 aromatic rings. The molecule has 4 heterocycles. The maximum atomic E-state index is 13.4. The topological polar surface area (TPSA) is 142 Å². The Balaban J connectivity index is 1.04. The van der Waals surface area contributed by atoms with Gasteiger partial charge in [0, 0.05) is 75.4 Å². The zero-order chi connectivity index (χ0) is 34.1. The molecular weight excluding hydrogens is 639 g/mol. The fraction of sp³-hybridized carbons (Fsp3) is 0.486. The maximum Gasteiger partial charge on any atom is 0.232 e. The highest BCUT2D eigenvalue weighted by Crippen LogP contribution is 2.41. The zero-order valence-corrected chi connectivity index (χ0v) is 29.6. The number of nitrogens with one attached hydrogen (secondary N) is 2. The van der Waals surface area contributed by atoms with E-state index < -0.39 is 7.14 Å². The highest BCUT2D eigenvalue weighted by Gasteiger charge is 2.36. The first-order chi connectivity index (χ1) is 23.7. The summed E-state index contributed by atoms with van der Waals surface area (Å²) < 4.78 is 19.2. The molecule has 3 fully saturated rings. The van der Waals surface area contributed by atoms with E-state index in [4.69, 9.17) is 4.74 Å². The SMILES string of the molecule is CCc1cc(Nc2ncnc(Nc3ccc4nccnc4c3P(C)(C)=O)n2)c(OC)cc1N1CCC(N2CCN(C(=O)C3CC3)CC2)CC1. The van der Waals surface area contributed by atoms with E-state index in [-0.39, 0.29) is 0 Å². The molecule has 2 aliphatic heterocycles. The van der Waals surface area contributed by atoms with Crippen LogP contribution in [0.2, 0.25) is 0 Å². The number of aryl methyl sites for hydroxylation is 1. The maximum absolute atomic E-state index is 13.4. The molecule has 258 valence electrons. The number of carbonyl (C=O) groups is 1. The van der Waals surface area contributed by atoms with Gasteiger partial charge in [-0.15, -0.1) is 0 Å². The molecule has 49 heavy (non-hydrogen) atoms. The summed E-state index contributed by atoms with van der Waals surface area (Å²) >= 11 is 0. The van der Waals surface area contributed by atoms with Crippen LogP contribution in [-0.2, 0) is 15.8 Å². The molecule has 2 aromatic heterocycles. The summed E-state index contributed by atoms with van der Waals surface area (Å²) in [5, 5.41) is 7.19. The molecule has 0 atom stereocenters. The Kier molecular flexibility index (Phi) is 9.39. The van der Waals surface area contributed by atoms with Gasteiger partial charge in [-0.25, -0.2) is 9.97 Å². The molecule has 0 unspecified atom stereocenters. The third kappa shape index (κ3) is 7.19. The number of piperidine rings is 1. The number of piperazine rings is 1. The molecule has 7 rings (SSSR count). The van der Waals surface area contributed by atoms with Gasteiger partial charge in [-0.1, -0.05) is 6.92 Å². The summed E-state index contributed by atoms with van der Waals surface area (Å²) in [5.74, 6) is 2.04. The van der Waals surface area contributed by atoms with Gasteiger partial charge in [-0.3, -0.25) is 19.7 Å². The van der Waals surface area contributed by atoms with Gasteiger partial charge in [0.25, 0.3) is 0 Å². The second-order valence-electron chi connectivity index (χ2n) is 13.5. The smallest absolute Gasteiger partial charge is 0.232 e. The molecule has 1 amide bonds. The van der Waals surface area contributed by atoms with Crippen molar-refractivity contribution in [3.63, 3.8) is 0 Å². The second-order valence-corrected chi connectivity index (χ2v) is 16.7. The number of fused-ring (bicyclic) bond motifs is 1. The average molecular weight is 685 g/mol. The van der Waals surface area contributed by atoms with E-state index in [1.165, 1.54) is 17.6 Å². The van der Waals surface area contributed by atoms with Crippen LogP contribution in [0, 0.1) is 5.92 Å². The normalized spacial score (nSPS) is 17.7. The Hall–Kier alpha value is -4.35. The van der Waals surface area contributed by atoms with E-state index >= 15 is 0 Å². The molecule has 1 saturated carbocycles. The number of benzene rings is 2. The summed E-state index contributed by atoms with van der Waals surface area (Å²) in [6.07, 6.45) is 9.86. The first kappa shape index (κ1) is 33.2. The lowest BCUT2D eigenvalue weighted by atomic mass is 9.99. The number of carbonyl (C=O) groups excluding carboxylic acids is 1. The lowest BCUT2D eigenvalue weighted by Gasteiger charge is -2.43. The number of anilines is 5. The Bertz CT molecular complexity index is 1880. The molecule has 0 bridgehead atoms. The minimum absolute atomic E-state index is 0.303. The van der Waals surface area contributed by atoms with Crippen molar-refractivity contribution in [3.8, 4) is 5.75 Å². The van der Waals surface area contributed by atoms with Crippen LogP contribution >= 0.6 is 7.14 Å². The van der Waals surface area contributed by atoms with Crippen molar-refractivity contribution in [1.82, 2.24) is 34.7 Å². The number of ether oxygens (including phenoxy) is 1. The van der Waals surface area contributed by atoms with Gasteiger partial charge >= 0.3 is 0 Å². The van der Waals surface area contributed by atoms with Crippen LogP contribution in [0.1, 0.15) is 38.2 Å². The Labute approximate surface area is 287 Å². The van der Waals surface area contributed by atoms with Gasteiger partial charge in [0.2, 0.25) is 17.8 Å². The van der Waals surface area contributed by atoms with E-state index in [2.05, 4.69) is 69.3 Å². The highest BCUT2D eigenvalue weighted by atomic mass is 31.2. The van der Waals surface area contributed by atoms with Gasteiger partial charge < -0.3 is 29.7 Å². The number of rotatable bonds is 10. The molecule has 0 spiro atoms. The van der Waals surface area contributed by atoms with E-state index in [0.717, 1.165) is 77.1 Å². The summed E-state index contributed by atoms with van der Waals surface area (Å²) in [4.78, 5) is 41.8. The number of methoxy groups -OCH3 is 1. The molecule has 1 aliphatic carbocycles. The van der Waals surface area contributed by atoms with Gasteiger partial charge in [0.1, 0.15) is 24.7 Å². The summed E-state index contributed by atoms with van der Waals surface area (Å²) in [7, 11) is -1.07. The minimum Gasteiger partial charge on any atom is -0.494 e. The van der Waals surface area contributed by atoms with Gasteiger partial charge in [-0.05, 0) is 69.2 Å².